The smallest absolute Gasteiger partial charge is 0.319 e. The first kappa shape index (κ1) is 16.6. The van der Waals surface area contributed by atoms with E-state index in [-0.39, 0.29) is 24.6 Å². The number of aliphatic hydroxyl groups is 1. The molecular weight excluding hydrogens is 308 g/mol. The van der Waals surface area contributed by atoms with Crippen molar-refractivity contribution in [2.75, 3.05) is 11.9 Å². The lowest BCUT2D eigenvalue weighted by molar-refractivity contribution is -0.0843. The van der Waals surface area contributed by atoms with Crippen molar-refractivity contribution < 1.29 is 19.4 Å². The van der Waals surface area contributed by atoms with Gasteiger partial charge in [0.25, 0.3) is 5.79 Å². The molecule has 130 valence electrons. The number of ether oxygens (including phenoxy) is 2. The Morgan fingerprint density at radius 2 is 2.00 bits per heavy atom. The third kappa shape index (κ3) is 3.33. The van der Waals surface area contributed by atoms with Gasteiger partial charge in [-0.25, -0.2) is 4.79 Å². The highest BCUT2D eigenvalue weighted by Crippen LogP contribution is 2.43. The average Bonchev–Trinajstić information content (AvgIpc) is 3.18. The number of rotatable bonds is 5. The Morgan fingerprint density at radius 1 is 1.25 bits per heavy atom. The van der Waals surface area contributed by atoms with Gasteiger partial charge >= 0.3 is 6.03 Å². The molecule has 1 aliphatic carbocycles. The first-order chi connectivity index (χ1) is 11.6. The summed E-state index contributed by atoms with van der Waals surface area (Å²) in [4.78, 5) is 12.1. The molecule has 0 spiro atoms. The molecular formula is C18H24N2O4. The molecule has 0 saturated carbocycles. The Kier molecular flexibility index (Phi) is 4.66. The number of aliphatic hydroxyl groups excluding tert-OH is 1. The zero-order valence-electron chi connectivity index (χ0n) is 14.0. The summed E-state index contributed by atoms with van der Waals surface area (Å²) in [5.41, 5.74) is 0.651. The molecule has 6 nitrogen and oxygen atoms in total. The zero-order chi connectivity index (χ0) is 17.2. The molecule has 1 aliphatic heterocycles. The predicted octanol–water partition coefficient (Wildman–Crippen LogP) is 3.03. The van der Waals surface area contributed by atoms with Crippen LogP contribution in [0.25, 0.3) is 0 Å². The third-order valence-corrected chi connectivity index (χ3v) is 4.59. The summed E-state index contributed by atoms with van der Waals surface area (Å²) < 4.78 is 11.8. The zero-order valence-corrected chi connectivity index (χ0v) is 14.0. The van der Waals surface area contributed by atoms with Crippen LogP contribution in [0.4, 0.5) is 10.5 Å². The van der Waals surface area contributed by atoms with Crippen LogP contribution in [0.1, 0.15) is 33.1 Å². The molecule has 1 aromatic rings. The molecule has 2 amide bonds. The Morgan fingerprint density at radius 3 is 2.67 bits per heavy atom. The van der Waals surface area contributed by atoms with E-state index in [1.165, 1.54) is 0 Å². The fraction of sp³-hybridized carbons (Fsp3) is 0.500. The maximum atomic E-state index is 12.1. The molecule has 0 bridgehead atoms. The maximum Gasteiger partial charge on any atom is 0.319 e. The van der Waals surface area contributed by atoms with Crippen LogP contribution in [0.2, 0.25) is 0 Å². The van der Waals surface area contributed by atoms with Gasteiger partial charge in [-0.2, -0.15) is 0 Å². The number of fused-ring (bicyclic) bond motifs is 1. The Balaban J connectivity index is 1.60. The molecule has 3 N–H and O–H groups in total. The number of anilines is 1. The van der Waals surface area contributed by atoms with Crippen molar-refractivity contribution in [1.82, 2.24) is 5.32 Å². The molecule has 2 aliphatic rings. The van der Waals surface area contributed by atoms with E-state index >= 15 is 0 Å². The lowest BCUT2D eigenvalue weighted by Crippen LogP contribution is -2.36. The predicted molar refractivity (Wildman–Crippen MR) is 91.3 cm³/mol. The van der Waals surface area contributed by atoms with E-state index in [0.717, 1.165) is 19.3 Å². The second kappa shape index (κ2) is 6.73. The summed E-state index contributed by atoms with van der Waals surface area (Å²) in [5, 5.41) is 14.8. The van der Waals surface area contributed by atoms with Gasteiger partial charge in [-0.3, -0.25) is 0 Å². The summed E-state index contributed by atoms with van der Waals surface area (Å²) in [5.74, 6) is 0.876. The monoisotopic (exact) mass is 332 g/mol. The van der Waals surface area contributed by atoms with Crippen LogP contribution in [-0.4, -0.2) is 29.6 Å². The Bertz CT molecular complexity index is 640. The van der Waals surface area contributed by atoms with E-state index < -0.39 is 5.79 Å². The van der Waals surface area contributed by atoms with Gasteiger partial charge in [0.1, 0.15) is 0 Å². The summed E-state index contributed by atoms with van der Waals surface area (Å²) in [6.45, 7) is 4.16. The Labute approximate surface area is 141 Å². The largest absolute Gasteiger partial charge is 0.448 e. The van der Waals surface area contributed by atoms with E-state index in [1.54, 1.807) is 12.1 Å². The standard InChI is InChI=1S/C18H24N2O4/c1-3-18(4-2)23-15-8-7-14(10-16(15)24-18)20-17(22)19-13-6-5-12(9-13)11-21/h5-8,10,12-13,21H,3-4,9,11H2,1-2H3,(H2,19,20,22)/t12-,13+/m0/s1. The second-order valence-corrected chi connectivity index (χ2v) is 6.25. The second-order valence-electron chi connectivity index (χ2n) is 6.25. The van der Waals surface area contributed by atoms with E-state index in [9.17, 15) is 4.79 Å². The minimum Gasteiger partial charge on any atom is -0.448 e. The van der Waals surface area contributed by atoms with Gasteiger partial charge < -0.3 is 25.2 Å². The van der Waals surface area contributed by atoms with Crippen LogP contribution in [0.5, 0.6) is 11.5 Å². The van der Waals surface area contributed by atoms with Gasteiger partial charge in [0.2, 0.25) is 0 Å². The topological polar surface area (TPSA) is 79.8 Å². The van der Waals surface area contributed by atoms with E-state index in [4.69, 9.17) is 14.6 Å². The molecule has 0 aromatic heterocycles. The molecule has 2 atom stereocenters. The van der Waals surface area contributed by atoms with Crippen molar-refractivity contribution in [2.45, 2.75) is 44.9 Å². The number of urea groups is 1. The molecule has 3 rings (SSSR count). The summed E-state index contributed by atoms with van der Waals surface area (Å²) in [6, 6.07) is 5.06. The fourth-order valence-electron chi connectivity index (χ4n) is 3.06. The molecule has 0 saturated heterocycles. The van der Waals surface area contributed by atoms with Gasteiger partial charge in [0.15, 0.2) is 11.5 Å². The number of carbonyl (C=O) groups excluding carboxylic acids is 1. The van der Waals surface area contributed by atoms with Crippen LogP contribution in [-0.2, 0) is 0 Å². The number of carbonyl (C=O) groups is 1. The molecule has 0 radical (unpaired) electrons. The van der Waals surface area contributed by atoms with Gasteiger partial charge in [0.05, 0.1) is 0 Å². The van der Waals surface area contributed by atoms with Crippen molar-refractivity contribution in [3.63, 3.8) is 0 Å². The van der Waals surface area contributed by atoms with Gasteiger partial charge in [-0.15, -0.1) is 0 Å². The van der Waals surface area contributed by atoms with E-state index in [1.807, 2.05) is 32.1 Å². The van der Waals surface area contributed by atoms with Crippen molar-refractivity contribution in [2.24, 2.45) is 5.92 Å². The van der Waals surface area contributed by atoms with Gasteiger partial charge in [0, 0.05) is 43.2 Å². The van der Waals surface area contributed by atoms with E-state index in [2.05, 4.69) is 10.6 Å². The quantitative estimate of drug-likeness (QED) is 0.724. The number of amides is 2. The van der Waals surface area contributed by atoms with Crippen LogP contribution >= 0.6 is 0 Å². The third-order valence-electron chi connectivity index (χ3n) is 4.59. The minimum absolute atomic E-state index is 0.0519. The van der Waals surface area contributed by atoms with Crippen LogP contribution in [0.15, 0.2) is 30.4 Å². The SMILES string of the molecule is CCC1(CC)Oc2ccc(NC(=O)N[C@@H]3C=C[C@H](CO)C3)cc2O1. The normalized spacial score (nSPS) is 23.3. The van der Waals surface area contributed by atoms with Crippen molar-refractivity contribution in [3.8, 4) is 11.5 Å². The lowest BCUT2D eigenvalue weighted by atomic mass is 10.1. The summed E-state index contributed by atoms with van der Waals surface area (Å²) in [7, 11) is 0. The summed E-state index contributed by atoms with van der Waals surface area (Å²) >= 11 is 0. The average molecular weight is 332 g/mol. The van der Waals surface area contributed by atoms with Crippen molar-refractivity contribution in [3.05, 3.63) is 30.4 Å². The number of hydrogen-bond acceptors (Lipinski definition) is 4. The number of hydrogen-bond donors (Lipinski definition) is 3. The lowest BCUT2D eigenvalue weighted by Gasteiger charge is -2.24. The van der Waals surface area contributed by atoms with Gasteiger partial charge in [-0.05, 0) is 18.6 Å². The fourth-order valence-corrected chi connectivity index (χ4v) is 3.06. The first-order valence-electron chi connectivity index (χ1n) is 8.46. The van der Waals surface area contributed by atoms with Crippen molar-refractivity contribution >= 4 is 11.7 Å². The highest BCUT2D eigenvalue weighted by atomic mass is 16.7. The summed E-state index contributed by atoms with van der Waals surface area (Å²) in [6.07, 6.45) is 6.07. The number of benzene rings is 1. The molecule has 0 fully saturated rings. The highest BCUT2D eigenvalue weighted by Gasteiger charge is 2.38. The van der Waals surface area contributed by atoms with E-state index in [0.29, 0.717) is 17.2 Å². The van der Waals surface area contributed by atoms with Gasteiger partial charge in [-0.1, -0.05) is 26.0 Å². The molecule has 1 heterocycles. The molecule has 0 unspecified atom stereocenters. The first-order valence-corrected chi connectivity index (χ1v) is 8.46. The molecule has 24 heavy (non-hydrogen) atoms. The minimum atomic E-state index is -0.600. The number of nitrogens with one attached hydrogen (secondary N) is 2. The molecule has 1 aromatic carbocycles. The van der Waals surface area contributed by atoms with Crippen LogP contribution < -0.4 is 20.1 Å². The van der Waals surface area contributed by atoms with Crippen LogP contribution in [0.3, 0.4) is 0 Å². The Hall–Kier alpha value is -2.21. The maximum absolute atomic E-state index is 12.1. The van der Waals surface area contributed by atoms with Crippen molar-refractivity contribution in [1.29, 1.82) is 0 Å². The highest BCUT2D eigenvalue weighted by molar-refractivity contribution is 5.90. The van der Waals surface area contributed by atoms with Crippen LogP contribution in [0, 0.1) is 5.92 Å². The molecule has 6 heteroatoms.